The van der Waals surface area contributed by atoms with Crippen molar-refractivity contribution in [2.75, 3.05) is 26.2 Å². The van der Waals surface area contributed by atoms with E-state index in [0.29, 0.717) is 4.68 Å². The smallest absolute Gasteiger partial charge is 0.336 e. The van der Waals surface area contributed by atoms with Crippen LogP contribution in [0.3, 0.4) is 0 Å². The Hall–Kier alpha value is -3.18. The summed E-state index contributed by atoms with van der Waals surface area (Å²) in [6.45, 7) is 3.56. The van der Waals surface area contributed by atoms with E-state index in [0.717, 1.165) is 17.3 Å². The molecule has 180 valence electrons. The number of benzene rings is 2. The number of carbonyl (C=O) groups is 1. The van der Waals surface area contributed by atoms with Gasteiger partial charge < -0.3 is 4.90 Å². The third kappa shape index (κ3) is 4.58. The van der Waals surface area contributed by atoms with Gasteiger partial charge in [0.25, 0.3) is 5.91 Å². The summed E-state index contributed by atoms with van der Waals surface area (Å²) >= 11 is 0. The number of hydrogen-bond acceptors (Lipinski definition) is 4. The molecule has 0 atom stereocenters. The Kier molecular flexibility index (Phi) is 6.26. The lowest BCUT2D eigenvalue weighted by molar-refractivity contribution is -0.143. The molecular formula is C23H23F3N4O3S. The maximum atomic E-state index is 13.9. The highest BCUT2D eigenvalue weighted by Gasteiger charge is 2.42. The van der Waals surface area contributed by atoms with Crippen molar-refractivity contribution < 1.29 is 26.4 Å². The standard InChI is InChI=1S/C23H23F3N4O3S/c1-16-3-7-18(8-4-16)30-21(23(24,25)26)20(15-27-30)22(31)28-11-13-29(14-12-28)34(32,33)19-9-5-17(2)6-10-19/h3-10,15H,11-14H2,1-2H3. The summed E-state index contributed by atoms with van der Waals surface area (Å²) in [5.41, 5.74) is 0.255. The fraction of sp³-hybridized carbons (Fsp3) is 0.304. The van der Waals surface area contributed by atoms with Gasteiger partial charge in [0, 0.05) is 26.2 Å². The van der Waals surface area contributed by atoms with E-state index in [4.69, 9.17) is 0 Å². The van der Waals surface area contributed by atoms with Crippen LogP contribution in [0.1, 0.15) is 27.2 Å². The number of halogens is 3. The van der Waals surface area contributed by atoms with Gasteiger partial charge in [0.15, 0.2) is 5.69 Å². The highest BCUT2D eigenvalue weighted by molar-refractivity contribution is 7.89. The number of hydrogen-bond donors (Lipinski definition) is 0. The van der Waals surface area contributed by atoms with Crippen molar-refractivity contribution in [2.24, 2.45) is 0 Å². The van der Waals surface area contributed by atoms with Crippen molar-refractivity contribution in [1.29, 1.82) is 0 Å². The molecule has 2 aromatic carbocycles. The van der Waals surface area contributed by atoms with Crippen LogP contribution in [0.15, 0.2) is 59.6 Å². The van der Waals surface area contributed by atoms with Crippen molar-refractivity contribution in [1.82, 2.24) is 19.0 Å². The highest BCUT2D eigenvalue weighted by atomic mass is 32.2. The number of nitrogens with zero attached hydrogens (tertiary/aromatic N) is 4. The lowest BCUT2D eigenvalue weighted by atomic mass is 10.1. The number of rotatable bonds is 4. The molecule has 0 saturated carbocycles. The van der Waals surface area contributed by atoms with E-state index in [2.05, 4.69) is 5.10 Å². The molecule has 0 bridgehead atoms. The molecule has 34 heavy (non-hydrogen) atoms. The van der Waals surface area contributed by atoms with Crippen molar-refractivity contribution in [3.8, 4) is 5.69 Å². The Bertz CT molecular complexity index is 1290. The molecule has 3 aromatic rings. The molecule has 11 heteroatoms. The fourth-order valence-corrected chi connectivity index (χ4v) is 5.24. The van der Waals surface area contributed by atoms with E-state index in [1.165, 1.54) is 33.5 Å². The summed E-state index contributed by atoms with van der Waals surface area (Å²) in [5, 5.41) is 3.84. The SMILES string of the molecule is Cc1ccc(-n2ncc(C(=O)N3CCN(S(=O)(=O)c4ccc(C)cc4)CC3)c2C(F)(F)F)cc1. The molecule has 2 heterocycles. The fourth-order valence-electron chi connectivity index (χ4n) is 3.82. The largest absolute Gasteiger partial charge is 0.434 e. The van der Waals surface area contributed by atoms with Gasteiger partial charge in [0.2, 0.25) is 10.0 Å². The molecule has 1 aromatic heterocycles. The quantitative estimate of drug-likeness (QED) is 0.557. The first-order valence-electron chi connectivity index (χ1n) is 10.6. The van der Waals surface area contributed by atoms with E-state index in [1.807, 2.05) is 13.8 Å². The van der Waals surface area contributed by atoms with Gasteiger partial charge in [-0.2, -0.15) is 22.6 Å². The lowest BCUT2D eigenvalue weighted by Crippen LogP contribution is -2.50. The Labute approximate surface area is 195 Å². The van der Waals surface area contributed by atoms with Crippen molar-refractivity contribution in [2.45, 2.75) is 24.9 Å². The van der Waals surface area contributed by atoms with Gasteiger partial charge in [-0.1, -0.05) is 35.4 Å². The zero-order chi connectivity index (χ0) is 24.7. The van der Waals surface area contributed by atoms with E-state index < -0.39 is 33.4 Å². The van der Waals surface area contributed by atoms with Crippen LogP contribution in [-0.2, 0) is 16.2 Å². The van der Waals surface area contributed by atoms with Crippen molar-refractivity contribution in [3.05, 3.63) is 77.1 Å². The van der Waals surface area contributed by atoms with Crippen molar-refractivity contribution >= 4 is 15.9 Å². The topological polar surface area (TPSA) is 75.5 Å². The molecule has 1 aliphatic heterocycles. The number of aromatic nitrogens is 2. The first-order chi connectivity index (χ1) is 16.0. The number of piperazine rings is 1. The number of alkyl halides is 3. The second kappa shape index (κ2) is 8.88. The zero-order valence-corrected chi connectivity index (χ0v) is 19.4. The number of carbonyl (C=O) groups excluding carboxylic acids is 1. The monoisotopic (exact) mass is 492 g/mol. The molecule has 4 rings (SSSR count). The Morgan fingerprint density at radius 1 is 0.882 bits per heavy atom. The minimum absolute atomic E-state index is 0.0185. The zero-order valence-electron chi connectivity index (χ0n) is 18.6. The Morgan fingerprint density at radius 3 is 1.94 bits per heavy atom. The van der Waals surface area contributed by atoms with E-state index >= 15 is 0 Å². The van der Waals surface area contributed by atoms with Gasteiger partial charge in [0.05, 0.1) is 22.3 Å². The number of aryl methyl sites for hydroxylation is 2. The lowest BCUT2D eigenvalue weighted by Gasteiger charge is -2.34. The van der Waals surface area contributed by atoms with Crippen LogP contribution in [0, 0.1) is 13.8 Å². The summed E-state index contributed by atoms with van der Waals surface area (Å²) in [7, 11) is -3.76. The minimum atomic E-state index is -4.82. The van der Waals surface area contributed by atoms with Crippen LogP contribution in [0.25, 0.3) is 5.69 Å². The second-order valence-corrected chi connectivity index (χ2v) is 10.1. The van der Waals surface area contributed by atoms with E-state index in [-0.39, 0.29) is 36.8 Å². The van der Waals surface area contributed by atoms with Crippen LogP contribution in [0.5, 0.6) is 0 Å². The molecule has 7 nitrogen and oxygen atoms in total. The summed E-state index contributed by atoms with van der Waals surface area (Å²) in [6, 6.07) is 12.7. The van der Waals surface area contributed by atoms with Crippen LogP contribution in [0.4, 0.5) is 13.2 Å². The summed E-state index contributed by atoms with van der Waals surface area (Å²) < 4.78 is 69.6. The Balaban J connectivity index is 1.55. The molecule has 0 radical (unpaired) electrons. The summed E-state index contributed by atoms with van der Waals surface area (Å²) in [5.74, 6) is -0.835. The van der Waals surface area contributed by atoms with E-state index in [1.54, 1.807) is 24.3 Å². The minimum Gasteiger partial charge on any atom is -0.336 e. The predicted molar refractivity (Wildman–Crippen MR) is 119 cm³/mol. The van der Waals surface area contributed by atoms with Crippen molar-refractivity contribution in [3.63, 3.8) is 0 Å². The number of sulfonamides is 1. The third-order valence-corrected chi connectivity index (χ3v) is 7.64. The van der Waals surface area contributed by atoms with Gasteiger partial charge in [-0.05, 0) is 38.1 Å². The maximum Gasteiger partial charge on any atom is 0.434 e. The first kappa shape index (κ1) is 24.0. The van der Waals surface area contributed by atoms with Gasteiger partial charge in [-0.15, -0.1) is 0 Å². The third-order valence-electron chi connectivity index (χ3n) is 5.73. The molecule has 0 aliphatic carbocycles. The van der Waals surface area contributed by atoms with Crippen LogP contribution in [0.2, 0.25) is 0 Å². The molecule has 0 spiro atoms. The molecule has 1 aliphatic rings. The molecule has 1 fully saturated rings. The first-order valence-corrected chi connectivity index (χ1v) is 12.0. The summed E-state index contributed by atoms with van der Waals surface area (Å²) in [6.07, 6.45) is -3.90. The van der Waals surface area contributed by atoms with Gasteiger partial charge in [-0.25, -0.2) is 13.1 Å². The molecule has 1 amide bonds. The summed E-state index contributed by atoms with van der Waals surface area (Å²) in [4.78, 5) is 14.4. The van der Waals surface area contributed by atoms with Gasteiger partial charge >= 0.3 is 6.18 Å². The predicted octanol–water partition coefficient (Wildman–Crippen LogP) is 3.65. The van der Waals surface area contributed by atoms with Gasteiger partial charge in [-0.3, -0.25) is 4.79 Å². The molecule has 1 saturated heterocycles. The molecule has 0 N–H and O–H groups in total. The molecular weight excluding hydrogens is 469 g/mol. The van der Waals surface area contributed by atoms with Gasteiger partial charge in [0.1, 0.15) is 0 Å². The average Bonchev–Trinajstić information content (AvgIpc) is 3.25. The molecule has 0 unspecified atom stereocenters. The highest BCUT2D eigenvalue weighted by Crippen LogP contribution is 2.34. The average molecular weight is 493 g/mol. The Morgan fingerprint density at radius 2 is 1.41 bits per heavy atom. The normalized spacial score (nSPS) is 15.5. The van der Waals surface area contributed by atoms with Crippen LogP contribution < -0.4 is 0 Å². The second-order valence-electron chi connectivity index (χ2n) is 8.16. The number of amides is 1. The van der Waals surface area contributed by atoms with E-state index in [9.17, 15) is 26.4 Å². The van der Waals surface area contributed by atoms with Crippen LogP contribution >= 0.6 is 0 Å². The maximum absolute atomic E-state index is 13.9. The van der Waals surface area contributed by atoms with Crippen LogP contribution in [-0.4, -0.2) is 59.5 Å².